The fraction of sp³-hybridized carbons (Fsp3) is 0.200. The van der Waals surface area contributed by atoms with Crippen LogP contribution in [0.25, 0.3) is 39.6 Å². The minimum absolute atomic E-state index is 0.195. The summed E-state index contributed by atoms with van der Waals surface area (Å²) in [6.07, 6.45) is 11.4. The average molecular weight is 502 g/mol. The van der Waals surface area contributed by atoms with Crippen molar-refractivity contribution in [2.45, 2.75) is 31.7 Å². The third-order valence-electron chi connectivity index (χ3n) is 7.68. The predicted molar refractivity (Wildman–Crippen MR) is 149 cm³/mol. The van der Waals surface area contributed by atoms with Crippen LogP contribution in [0.4, 0.5) is 11.6 Å². The summed E-state index contributed by atoms with van der Waals surface area (Å²) >= 11 is 0. The van der Waals surface area contributed by atoms with Crippen molar-refractivity contribution < 1.29 is 4.79 Å². The maximum atomic E-state index is 12.4. The first-order chi connectivity index (χ1) is 18.5. The van der Waals surface area contributed by atoms with Gasteiger partial charge in [-0.15, -0.1) is 0 Å². The summed E-state index contributed by atoms with van der Waals surface area (Å²) < 4.78 is 1.76. The topological polar surface area (TPSA) is 106 Å². The Kier molecular flexibility index (Phi) is 4.97. The van der Waals surface area contributed by atoms with Gasteiger partial charge in [0.25, 0.3) is 0 Å². The van der Waals surface area contributed by atoms with Gasteiger partial charge in [-0.3, -0.25) is 4.68 Å². The largest absolute Gasteiger partial charge is 0.368 e. The Hall–Kier alpha value is -4.72. The number of benzene rings is 2. The van der Waals surface area contributed by atoms with E-state index in [9.17, 15) is 4.79 Å². The van der Waals surface area contributed by atoms with Crippen LogP contribution >= 0.6 is 0 Å². The molecule has 5 aromatic rings. The van der Waals surface area contributed by atoms with Crippen molar-refractivity contribution >= 4 is 35.0 Å². The molecule has 0 amide bonds. The maximum absolute atomic E-state index is 12.4. The molecule has 3 N–H and O–H groups in total. The lowest BCUT2D eigenvalue weighted by molar-refractivity contribution is -0.109. The number of aromatic nitrogens is 5. The van der Waals surface area contributed by atoms with E-state index in [1.165, 1.54) is 18.4 Å². The molecule has 2 aliphatic rings. The van der Waals surface area contributed by atoms with Crippen LogP contribution in [0.3, 0.4) is 0 Å². The highest BCUT2D eigenvalue weighted by Crippen LogP contribution is 2.43. The van der Waals surface area contributed by atoms with Crippen LogP contribution in [0.5, 0.6) is 0 Å². The van der Waals surface area contributed by atoms with Crippen molar-refractivity contribution in [2.75, 3.05) is 10.6 Å². The SMILES string of the molecule is Cc1c(-c2nc(N)nc3[nH]c(-c4cnn(C)c4)cc23)cccc1N1C=Cc2cc(C3CC3)ccc2C1C=O. The number of carbonyl (C=O) groups is 1. The van der Waals surface area contributed by atoms with E-state index in [-0.39, 0.29) is 5.95 Å². The number of H-pyrrole nitrogens is 1. The lowest BCUT2D eigenvalue weighted by atomic mass is 9.92. The zero-order valence-corrected chi connectivity index (χ0v) is 21.2. The third kappa shape index (κ3) is 3.60. The van der Waals surface area contributed by atoms with E-state index in [2.05, 4.69) is 51.2 Å². The summed E-state index contributed by atoms with van der Waals surface area (Å²) in [5.74, 6) is 0.866. The molecule has 3 aromatic heterocycles. The van der Waals surface area contributed by atoms with Gasteiger partial charge in [0.1, 0.15) is 18.0 Å². The normalized spacial score (nSPS) is 16.7. The van der Waals surface area contributed by atoms with Gasteiger partial charge in [-0.1, -0.05) is 30.3 Å². The Morgan fingerprint density at radius 3 is 2.76 bits per heavy atom. The fourth-order valence-electron chi connectivity index (χ4n) is 5.56. The van der Waals surface area contributed by atoms with Crippen LogP contribution in [-0.4, -0.2) is 31.0 Å². The van der Waals surface area contributed by atoms with Gasteiger partial charge in [0, 0.05) is 41.6 Å². The molecule has 2 aromatic carbocycles. The minimum atomic E-state index is -0.405. The number of hydrogen-bond donors (Lipinski definition) is 2. The van der Waals surface area contributed by atoms with Crippen molar-refractivity contribution in [2.24, 2.45) is 7.05 Å². The molecule has 1 fully saturated rings. The van der Waals surface area contributed by atoms with Gasteiger partial charge in [-0.25, -0.2) is 4.98 Å². The summed E-state index contributed by atoms with van der Waals surface area (Å²) in [6, 6.07) is 14.3. The number of fused-ring (bicyclic) bond motifs is 2. The molecule has 1 atom stereocenters. The lowest BCUT2D eigenvalue weighted by Crippen LogP contribution is -2.28. The molecule has 0 radical (unpaired) electrons. The van der Waals surface area contributed by atoms with Gasteiger partial charge in [0.15, 0.2) is 0 Å². The molecular weight excluding hydrogens is 474 g/mol. The summed E-state index contributed by atoms with van der Waals surface area (Å²) in [5, 5.41) is 5.15. The number of aromatic amines is 1. The quantitative estimate of drug-likeness (QED) is 0.307. The maximum Gasteiger partial charge on any atom is 0.222 e. The van der Waals surface area contributed by atoms with Crippen LogP contribution in [0.1, 0.15) is 47.1 Å². The van der Waals surface area contributed by atoms with Crippen LogP contribution in [0.15, 0.2) is 61.1 Å². The molecule has 4 heterocycles. The standard InChI is InChI=1S/C30H27N7O/c1-17-22(28-24-13-25(21-14-32-36(2)15-21)33-29(24)35-30(31)34-28)4-3-5-26(17)37-11-10-20-12-19(18-6-7-18)8-9-23(20)27(37)16-38/h3-5,8-16,18,27H,6-7H2,1-2H3,(H3,31,33,34,35). The number of rotatable bonds is 5. The second-order valence-electron chi connectivity index (χ2n) is 10.2. The highest BCUT2D eigenvalue weighted by molar-refractivity contribution is 5.96. The Labute approximate surface area is 219 Å². The monoisotopic (exact) mass is 501 g/mol. The number of nitrogens with one attached hydrogen (secondary N) is 1. The number of hydrogen-bond acceptors (Lipinski definition) is 6. The molecule has 7 rings (SSSR count). The van der Waals surface area contributed by atoms with E-state index in [0.29, 0.717) is 11.6 Å². The molecule has 1 aliphatic carbocycles. The molecule has 0 bridgehead atoms. The molecule has 0 saturated heterocycles. The van der Waals surface area contributed by atoms with Gasteiger partial charge in [-0.2, -0.15) is 10.1 Å². The summed E-state index contributed by atoms with van der Waals surface area (Å²) in [5.41, 5.74) is 15.8. The van der Waals surface area contributed by atoms with E-state index in [4.69, 9.17) is 5.73 Å². The average Bonchev–Trinajstić information content (AvgIpc) is 3.54. The first kappa shape index (κ1) is 22.5. The van der Waals surface area contributed by atoms with E-state index in [1.807, 2.05) is 48.6 Å². The molecule has 8 nitrogen and oxygen atoms in total. The number of anilines is 2. The first-order valence-corrected chi connectivity index (χ1v) is 12.8. The highest BCUT2D eigenvalue weighted by atomic mass is 16.1. The van der Waals surface area contributed by atoms with Gasteiger partial charge >= 0.3 is 0 Å². The molecule has 188 valence electrons. The van der Waals surface area contributed by atoms with Crippen molar-refractivity contribution in [1.82, 2.24) is 24.7 Å². The number of aldehydes is 1. The van der Waals surface area contributed by atoms with E-state index >= 15 is 0 Å². The molecular formula is C30H27N7O. The number of aryl methyl sites for hydroxylation is 1. The smallest absolute Gasteiger partial charge is 0.222 e. The lowest BCUT2D eigenvalue weighted by Gasteiger charge is -2.33. The van der Waals surface area contributed by atoms with Crippen LogP contribution in [0, 0.1) is 6.92 Å². The van der Waals surface area contributed by atoms with Gasteiger partial charge in [0.05, 0.1) is 17.6 Å². The summed E-state index contributed by atoms with van der Waals surface area (Å²) in [4.78, 5) is 27.0. The molecule has 1 unspecified atom stereocenters. The zero-order chi connectivity index (χ0) is 26.0. The van der Waals surface area contributed by atoms with E-state index in [1.54, 1.807) is 10.9 Å². The van der Waals surface area contributed by atoms with Crippen molar-refractivity contribution in [1.29, 1.82) is 0 Å². The second kappa shape index (κ2) is 8.41. The van der Waals surface area contributed by atoms with Crippen LogP contribution < -0.4 is 10.6 Å². The number of nitrogens with two attached hydrogens (primary N) is 1. The van der Waals surface area contributed by atoms with Crippen molar-refractivity contribution in [3.63, 3.8) is 0 Å². The van der Waals surface area contributed by atoms with Gasteiger partial charge in [-0.05, 0) is 66.1 Å². The molecule has 1 saturated carbocycles. The van der Waals surface area contributed by atoms with Crippen LogP contribution in [0.2, 0.25) is 0 Å². The summed E-state index contributed by atoms with van der Waals surface area (Å²) in [6.45, 7) is 2.06. The zero-order valence-electron chi connectivity index (χ0n) is 21.2. The number of nitrogen functional groups attached to an aromatic ring is 1. The molecule has 1 aliphatic heterocycles. The Morgan fingerprint density at radius 2 is 2.00 bits per heavy atom. The highest BCUT2D eigenvalue weighted by Gasteiger charge is 2.29. The predicted octanol–water partition coefficient (Wildman–Crippen LogP) is 5.52. The van der Waals surface area contributed by atoms with E-state index < -0.39 is 6.04 Å². The fourth-order valence-corrected chi connectivity index (χ4v) is 5.56. The van der Waals surface area contributed by atoms with Gasteiger partial charge in [0.2, 0.25) is 5.95 Å². The van der Waals surface area contributed by atoms with Crippen molar-refractivity contribution in [3.8, 4) is 22.5 Å². The van der Waals surface area contributed by atoms with E-state index in [0.717, 1.165) is 56.6 Å². The Bertz CT molecular complexity index is 1760. The minimum Gasteiger partial charge on any atom is -0.368 e. The Morgan fingerprint density at radius 1 is 1.13 bits per heavy atom. The number of carbonyl (C=O) groups excluding carboxylic acids is 1. The van der Waals surface area contributed by atoms with Crippen LogP contribution in [-0.2, 0) is 11.8 Å². The van der Waals surface area contributed by atoms with Crippen molar-refractivity contribution in [3.05, 3.63) is 83.3 Å². The second-order valence-corrected chi connectivity index (χ2v) is 10.2. The van der Waals surface area contributed by atoms with Gasteiger partial charge < -0.3 is 20.4 Å². The molecule has 0 spiro atoms. The molecule has 8 heteroatoms. The third-order valence-corrected chi connectivity index (χ3v) is 7.68. The molecule has 38 heavy (non-hydrogen) atoms. The first-order valence-electron chi connectivity index (χ1n) is 12.8. The Balaban J connectivity index is 1.32. The number of nitrogens with zero attached hydrogens (tertiary/aromatic N) is 5. The summed E-state index contributed by atoms with van der Waals surface area (Å²) in [7, 11) is 1.89.